The van der Waals surface area contributed by atoms with Crippen LogP contribution in [0.3, 0.4) is 0 Å². The van der Waals surface area contributed by atoms with Gasteiger partial charge in [-0.2, -0.15) is 0 Å². The van der Waals surface area contributed by atoms with Crippen molar-refractivity contribution in [3.05, 3.63) is 0 Å². The molecule has 0 radical (unpaired) electrons. The average molecular weight is 321 g/mol. The molecule has 0 aliphatic rings. The van der Waals surface area contributed by atoms with Crippen LogP contribution in [0.1, 0.15) is 27.7 Å². The zero-order valence-electron chi connectivity index (χ0n) is 10.5. The topological polar surface area (TPSA) is 68.6 Å². The largest absolute Gasteiger partial charge is 0.456 e. The van der Waals surface area contributed by atoms with Crippen molar-refractivity contribution in [2.24, 2.45) is 0 Å². The van der Waals surface area contributed by atoms with E-state index in [1.54, 1.807) is 20.8 Å². The van der Waals surface area contributed by atoms with Crippen LogP contribution in [0.15, 0.2) is 0 Å². The van der Waals surface area contributed by atoms with E-state index in [1.165, 1.54) is 6.92 Å². The number of nitrogens with one attached hydrogen (secondary N) is 1. The number of hydrogen-bond donors (Lipinski definition) is 1. The van der Waals surface area contributed by atoms with Gasteiger partial charge in [0, 0.05) is 6.92 Å². The Labute approximate surface area is 121 Å². The lowest BCUT2D eigenvalue weighted by molar-refractivity contribution is -0.190. The van der Waals surface area contributed by atoms with E-state index in [1.807, 2.05) is 0 Å². The van der Waals surface area contributed by atoms with Crippen LogP contribution < -0.4 is 0 Å². The Hall–Kier alpha value is -0.230. The van der Waals surface area contributed by atoms with E-state index in [0.29, 0.717) is 0 Å². The predicted molar refractivity (Wildman–Crippen MR) is 70.3 cm³/mol. The minimum atomic E-state index is -1.99. The molecule has 0 aromatic heterocycles. The van der Waals surface area contributed by atoms with Gasteiger partial charge in [0.2, 0.25) is 12.2 Å². The molecule has 0 bridgehead atoms. The molecule has 106 valence electrons. The van der Waals surface area contributed by atoms with Crippen molar-refractivity contribution >= 4 is 46.7 Å². The third-order valence-electron chi connectivity index (χ3n) is 1.63. The van der Waals surface area contributed by atoms with E-state index >= 15 is 0 Å². The highest BCUT2D eigenvalue weighted by Crippen LogP contribution is 2.29. The molecule has 1 N–H and O–H groups in total. The number of alkyl halides is 3. The number of hydrogen-bond acceptors (Lipinski definition) is 5. The van der Waals surface area contributed by atoms with Gasteiger partial charge in [0.1, 0.15) is 0 Å². The normalized spacial score (nSPS) is 15.1. The molecule has 0 unspecified atom stereocenters. The number of halogens is 3. The highest BCUT2D eigenvalue weighted by molar-refractivity contribution is 6.76. The second-order valence-corrected chi connectivity index (χ2v) is 6.09. The van der Waals surface area contributed by atoms with Crippen LogP contribution in [-0.4, -0.2) is 34.2 Å². The quantitative estimate of drug-likeness (QED) is 0.278. The number of carbonyl (C=O) groups excluding carboxylic acids is 1. The Morgan fingerprint density at radius 3 is 2.00 bits per heavy atom. The summed E-state index contributed by atoms with van der Waals surface area (Å²) in [5.74, 6) is -1.10. The molecule has 0 spiro atoms. The standard InChI is InChI=1S/C10H16Cl3NO4/c1-5(2)16-8(6(3)17-7(4)15)18-9(14)10(11,12)13/h5-6,8,14H,1-4H3/t6-,8-/m0/s1. The summed E-state index contributed by atoms with van der Waals surface area (Å²) in [4.78, 5) is 10.9. The van der Waals surface area contributed by atoms with Gasteiger partial charge < -0.3 is 14.2 Å². The molecular formula is C10H16Cl3NO4. The van der Waals surface area contributed by atoms with Gasteiger partial charge in [0.05, 0.1) is 6.10 Å². The fourth-order valence-electron chi connectivity index (χ4n) is 1.00. The van der Waals surface area contributed by atoms with Crippen LogP contribution >= 0.6 is 34.8 Å². The van der Waals surface area contributed by atoms with Gasteiger partial charge in [-0.25, -0.2) is 0 Å². The van der Waals surface area contributed by atoms with Gasteiger partial charge in [0.15, 0.2) is 6.10 Å². The maximum atomic E-state index is 10.9. The Bertz CT molecular complexity index is 304. The molecule has 0 saturated heterocycles. The van der Waals surface area contributed by atoms with Gasteiger partial charge in [-0.15, -0.1) is 0 Å². The molecule has 0 fully saturated rings. The summed E-state index contributed by atoms with van der Waals surface area (Å²) in [5, 5.41) is 7.45. The fourth-order valence-corrected chi connectivity index (χ4v) is 1.14. The number of esters is 1. The average Bonchev–Trinajstić information content (AvgIpc) is 2.12. The summed E-state index contributed by atoms with van der Waals surface area (Å²) in [6.07, 6.45) is -1.97. The van der Waals surface area contributed by atoms with E-state index in [0.717, 1.165) is 0 Å². The third-order valence-corrected chi connectivity index (χ3v) is 2.15. The fraction of sp³-hybridized carbons (Fsp3) is 0.800. The van der Waals surface area contributed by atoms with Crippen molar-refractivity contribution in [2.75, 3.05) is 0 Å². The van der Waals surface area contributed by atoms with Gasteiger partial charge in [-0.3, -0.25) is 10.2 Å². The summed E-state index contributed by atoms with van der Waals surface area (Å²) in [7, 11) is 0. The van der Waals surface area contributed by atoms with Crippen LogP contribution in [0, 0.1) is 5.41 Å². The first-order valence-corrected chi connectivity index (χ1v) is 6.32. The van der Waals surface area contributed by atoms with Gasteiger partial charge in [-0.1, -0.05) is 34.8 Å². The van der Waals surface area contributed by atoms with Gasteiger partial charge in [-0.05, 0) is 20.8 Å². The molecule has 0 aliphatic heterocycles. The second kappa shape index (κ2) is 7.38. The lowest BCUT2D eigenvalue weighted by Gasteiger charge is -2.27. The van der Waals surface area contributed by atoms with Crippen LogP contribution in [0.25, 0.3) is 0 Å². The minimum Gasteiger partial charge on any atom is -0.456 e. The van der Waals surface area contributed by atoms with Gasteiger partial charge >= 0.3 is 5.97 Å². The summed E-state index contributed by atoms with van der Waals surface area (Å²) in [6, 6.07) is 0. The van der Waals surface area contributed by atoms with E-state index in [4.69, 9.17) is 54.4 Å². The van der Waals surface area contributed by atoms with Crippen molar-refractivity contribution in [3.63, 3.8) is 0 Å². The monoisotopic (exact) mass is 319 g/mol. The molecule has 5 nitrogen and oxygen atoms in total. The Morgan fingerprint density at radius 1 is 1.17 bits per heavy atom. The summed E-state index contributed by atoms with van der Waals surface area (Å²) >= 11 is 16.5. The van der Waals surface area contributed by atoms with Crippen LogP contribution in [0.5, 0.6) is 0 Å². The predicted octanol–water partition coefficient (Wildman–Crippen LogP) is 3.05. The van der Waals surface area contributed by atoms with Crippen LogP contribution in [-0.2, 0) is 19.0 Å². The molecule has 0 aliphatic carbocycles. The molecule has 8 heteroatoms. The van der Waals surface area contributed by atoms with Crippen molar-refractivity contribution in [2.45, 2.75) is 50.0 Å². The van der Waals surface area contributed by atoms with Crippen molar-refractivity contribution < 1.29 is 19.0 Å². The molecule has 0 aromatic rings. The molecule has 0 saturated carbocycles. The lowest BCUT2D eigenvalue weighted by Crippen LogP contribution is -2.39. The Balaban J connectivity index is 4.68. The van der Waals surface area contributed by atoms with Crippen molar-refractivity contribution in [1.29, 1.82) is 5.41 Å². The van der Waals surface area contributed by atoms with Gasteiger partial charge in [0.25, 0.3) is 3.79 Å². The maximum absolute atomic E-state index is 10.9. The van der Waals surface area contributed by atoms with Crippen molar-refractivity contribution in [1.82, 2.24) is 0 Å². The highest BCUT2D eigenvalue weighted by atomic mass is 35.6. The maximum Gasteiger partial charge on any atom is 0.303 e. The lowest BCUT2D eigenvalue weighted by atomic mass is 10.3. The Kier molecular flexibility index (Phi) is 7.29. The smallest absolute Gasteiger partial charge is 0.303 e. The van der Waals surface area contributed by atoms with E-state index in [-0.39, 0.29) is 6.10 Å². The van der Waals surface area contributed by atoms with Crippen molar-refractivity contribution in [3.8, 4) is 0 Å². The summed E-state index contributed by atoms with van der Waals surface area (Å²) < 4.78 is 13.4. The number of rotatable bonds is 5. The Morgan fingerprint density at radius 2 is 1.67 bits per heavy atom. The van der Waals surface area contributed by atoms with E-state index in [2.05, 4.69) is 0 Å². The van der Waals surface area contributed by atoms with Crippen LogP contribution in [0.4, 0.5) is 0 Å². The van der Waals surface area contributed by atoms with E-state index < -0.39 is 28.1 Å². The minimum absolute atomic E-state index is 0.212. The molecule has 2 atom stereocenters. The number of ether oxygens (including phenoxy) is 3. The third kappa shape index (κ3) is 7.26. The summed E-state index contributed by atoms with van der Waals surface area (Å²) in [6.45, 7) is 6.33. The zero-order chi connectivity index (χ0) is 14.5. The molecule has 0 heterocycles. The number of carbonyl (C=O) groups is 1. The molecule has 0 rings (SSSR count). The first-order chi connectivity index (χ1) is 8.04. The highest BCUT2D eigenvalue weighted by Gasteiger charge is 2.34. The zero-order valence-corrected chi connectivity index (χ0v) is 12.8. The van der Waals surface area contributed by atoms with E-state index in [9.17, 15) is 4.79 Å². The summed E-state index contributed by atoms with van der Waals surface area (Å²) in [5.41, 5.74) is 0. The molecular weight excluding hydrogens is 304 g/mol. The molecule has 0 amide bonds. The SMILES string of the molecule is CC(=O)O[C@@H](C)[C@H](OC(=N)C(Cl)(Cl)Cl)OC(C)C. The molecule has 0 aromatic carbocycles. The molecule has 18 heavy (non-hydrogen) atoms. The second-order valence-electron chi connectivity index (χ2n) is 3.81. The van der Waals surface area contributed by atoms with Crippen LogP contribution in [0.2, 0.25) is 0 Å². The first-order valence-electron chi connectivity index (χ1n) is 5.19. The first kappa shape index (κ1) is 17.8.